The average molecular weight is 693 g/mol. The molecular formula is C31H44ClF2MnN6O4-. The first kappa shape index (κ1) is 38.6. The number of hydrogen-bond donors (Lipinski definition) is 2. The van der Waals surface area contributed by atoms with Crippen molar-refractivity contribution in [2.45, 2.75) is 65.0 Å². The van der Waals surface area contributed by atoms with E-state index >= 15 is 0 Å². The van der Waals surface area contributed by atoms with E-state index < -0.39 is 6.43 Å². The summed E-state index contributed by atoms with van der Waals surface area (Å²) in [4.78, 5) is 15.4. The van der Waals surface area contributed by atoms with E-state index in [4.69, 9.17) is 25.1 Å². The maximum absolute atomic E-state index is 14.4. The number of amides is 1. The number of ether oxygens (including phenoxy) is 2. The van der Waals surface area contributed by atoms with E-state index in [9.17, 15) is 13.6 Å². The van der Waals surface area contributed by atoms with Crippen molar-refractivity contribution < 1.29 is 45.2 Å². The summed E-state index contributed by atoms with van der Waals surface area (Å²) in [6.45, 7) is 6.95. The summed E-state index contributed by atoms with van der Waals surface area (Å²) in [5, 5.41) is 25.9. The van der Waals surface area contributed by atoms with E-state index in [1.165, 1.54) is 18.6 Å². The number of fused-ring (bicyclic) bond motifs is 2. The number of aliphatic hydroxyl groups is 1. The van der Waals surface area contributed by atoms with E-state index in [0.717, 1.165) is 54.5 Å². The fourth-order valence-electron chi connectivity index (χ4n) is 5.79. The minimum atomic E-state index is -2.77. The van der Waals surface area contributed by atoms with E-state index in [1.807, 2.05) is 18.7 Å². The van der Waals surface area contributed by atoms with Crippen LogP contribution in [0.15, 0.2) is 18.3 Å². The molecule has 0 atom stereocenters. The molecule has 2 N–H and O–H groups in total. The van der Waals surface area contributed by atoms with Crippen molar-refractivity contribution >= 4 is 41.3 Å². The number of nitrogens with zero attached hydrogens (tertiary/aromatic N) is 5. The van der Waals surface area contributed by atoms with Gasteiger partial charge in [0.2, 0.25) is 6.41 Å². The maximum Gasteiger partial charge on any atom is 0.264 e. The molecule has 1 aromatic heterocycles. The number of aromatic nitrogens is 2. The second kappa shape index (κ2) is 19.9. The Labute approximate surface area is 280 Å². The molecule has 3 aliphatic heterocycles. The van der Waals surface area contributed by atoms with E-state index in [1.54, 1.807) is 11.0 Å². The number of rotatable bonds is 11. The standard InChI is InChI=1S/C28H35F2N6O4.C2H6.CH3Cl.Mn/c29-27(30)23-13-26-19(12-22(23)20(14-31)15-32-17-40-11-8-37)2-1-6-35(26)28-24-16-34(18-38)7-3-25(24)36(33-28)21-4-9-39-10-5-21;2*1-2;/h12-15,18,21,27,37H,1-11,16-17H2,(H-,31,32);1-2H3;1H3;/q-1;;;. The second-order valence-corrected chi connectivity index (χ2v) is 10.2. The Morgan fingerprint density at radius 3 is 2.62 bits per heavy atom. The molecular weight excluding hydrogens is 649 g/mol. The molecule has 5 rings (SSSR count). The van der Waals surface area contributed by atoms with Crippen molar-refractivity contribution in [3.05, 3.63) is 51.6 Å². The number of carbonyl (C=O) groups is 1. The van der Waals surface area contributed by atoms with Crippen molar-refractivity contribution in [2.75, 3.05) is 57.5 Å². The Morgan fingerprint density at radius 1 is 1.24 bits per heavy atom. The van der Waals surface area contributed by atoms with E-state index in [-0.39, 0.29) is 59.8 Å². The number of aliphatic hydroxyl groups excluding tert-OH is 1. The normalized spacial score (nSPS) is 16.3. The first-order valence-electron chi connectivity index (χ1n) is 15.1. The van der Waals surface area contributed by atoms with Gasteiger partial charge in [0, 0.05) is 84.9 Å². The number of alkyl halides is 3. The molecule has 251 valence electrons. The monoisotopic (exact) mass is 692 g/mol. The third-order valence-corrected chi connectivity index (χ3v) is 7.74. The molecule has 4 heterocycles. The first-order valence-corrected chi connectivity index (χ1v) is 15.8. The molecule has 45 heavy (non-hydrogen) atoms. The van der Waals surface area contributed by atoms with E-state index in [2.05, 4.69) is 21.6 Å². The van der Waals surface area contributed by atoms with Gasteiger partial charge >= 0.3 is 0 Å². The Bertz CT molecular complexity index is 1260. The molecule has 14 heteroatoms. The third-order valence-electron chi connectivity index (χ3n) is 7.74. The SMILES string of the molecule is CC.CCl.N=C/C(=C\[N-]COCCO)c1cc2c(cc1C(F)F)N(c1nn(C3CCOCC3)c3c1CN(C=O)CC3)CCC2.[Mn]. The second-order valence-electron chi connectivity index (χ2n) is 10.2. The van der Waals surface area contributed by atoms with Crippen LogP contribution in [0.1, 0.15) is 73.5 Å². The van der Waals surface area contributed by atoms with Gasteiger partial charge in [-0.2, -0.15) is 11.3 Å². The molecule has 0 spiro atoms. The molecule has 3 aliphatic rings. The summed E-state index contributed by atoms with van der Waals surface area (Å²) in [5.74, 6) is 0.723. The van der Waals surface area contributed by atoms with Crippen LogP contribution in [0.25, 0.3) is 10.9 Å². The number of carbonyl (C=O) groups excluding carboxylic acids is 1. The summed E-state index contributed by atoms with van der Waals surface area (Å²) in [6.07, 6.45) is 5.85. The van der Waals surface area contributed by atoms with Crippen molar-refractivity contribution in [1.29, 1.82) is 5.41 Å². The van der Waals surface area contributed by atoms with Gasteiger partial charge in [-0.05, 0) is 61.2 Å². The summed E-state index contributed by atoms with van der Waals surface area (Å²) in [7, 11) is 0. The molecule has 1 amide bonds. The molecule has 2 aromatic rings. The minimum Gasteiger partial charge on any atom is -0.668 e. The van der Waals surface area contributed by atoms with Crippen LogP contribution < -0.4 is 4.90 Å². The van der Waals surface area contributed by atoms with Crippen molar-refractivity contribution in [1.82, 2.24) is 14.7 Å². The van der Waals surface area contributed by atoms with Crippen LogP contribution in [0, 0.1) is 5.41 Å². The molecule has 10 nitrogen and oxygen atoms in total. The smallest absolute Gasteiger partial charge is 0.264 e. The Morgan fingerprint density at radius 2 is 1.98 bits per heavy atom. The van der Waals surface area contributed by atoms with E-state index in [0.29, 0.717) is 51.4 Å². The zero-order chi connectivity index (χ0) is 32.1. The van der Waals surface area contributed by atoms with Gasteiger partial charge < -0.3 is 35.1 Å². The van der Waals surface area contributed by atoms with Crippen molar-refractivity contribution in [3.63, 3.8) is 0 Å². The molecule has 1 fully saturated rings. The predicted octanol–water partition coefficient (Wildman–Crippen LogP) is 5.98. The summed E-state index contributed by atoms with van der Waals surface area (Å²) in [5.41, 5.74) is 4.00. The van der Waals surface area contributed by atoms with Gasteiger partial charge in [-0.1, -0.05) is 13.8 Å². The van der Waals surface area contributed by atoms with Gasteiger partial charge in [0.1, 0.15) is 0 Å². The first-order chi connectivity index (χ1) is 21.5. The minimum absolute atomic E-state index is 0. The molecule has 1 saturated heterocycles. The molecule has 0 unspecified atom stereocenters. The quantitative estimate of drug-likeness (QED) is 0.0984. The topological polar surface area (TPSA) is 118 Å². The van der Waals surface area contributed by atoms with Crippen molar-refractivity contribution in [2.24, 2.45) is 0 Å². The van der Waals surface area contributed by atoms with Crippen molar-refractivity contribution in [3.8, 4) is 0 Å². The van der Waals surface area contributed by atoms with Crippen LogP contribution >= 0.6 is 11.6 Å². The Kier molecular flexibility index (Phi) is 17.1. The van der Waals surface area contributed by atoms with Gasteiger partial charge in [0.15, 0.2) is 5.82 Å². The molecule has 0 aliphatic carbocycles. The zero-order valence-corrected chi connectivity index (χ0v) is 28.1. The number of benzene rings is 1. The van der Waals surface area contributed by atoms with Gasteiger partial charge in [-0.3, -0.25) is 9.48 Å². The fourth-order valence-corrected chi connectivity index (χ4v) is 5.79. The average Bonchev–Trinajstić information content (AvgIpc) is 3.46. The number of allylic oxidation sites excluding steroid dienone is 1. The van der Waals surface area contributed by atoms with Crippen LogP contribution in [0.2, 0.25) is 0 Å². The number of aryl methyl sites for hydroxylation is 1. The van der Waals surface area contributed by atoms with Gasteiger partial charge in [0.25, 0.3) is 6.43 Å². The van der Waals surface area contributed by atoms with Crippen LogP contribution in [-0.4, -0.2) is 85.0 Å². The molecule has 0 bridgehead atoms. The van der Waals surface area contributed by atoms with Crippen LogP contribution in [-0.2, 0) is 50.7 Å². The molecule has 1 radical (unpaired) electrons. The molecule has 1 aromatic carbocycles. The van der Waals surface area contributed by atoms with Gasteiger partial charge in [-0.15, -0.1) is 11.6 Å². The largest absolute Gasteiger partial charge is 0.668 e. The summed E-state index contributed by atoms with van der Waals surface area (Å²) >= 11 is 4.64. The number of anilines is 2. The maximum atomic E-state index is 14.4. The molecule has 0 saturated carbocycles. The van der Waals surface area contributed by atoms with Crippen LogP contribution in [0.5, 0.6) is 0 Å². The Hall–Kier alpha value is -2.54. The third kappa shape index (κ3) is 9.27. The zero-order valence-electron chi connectivity index (χ0n) is 26.2. The number of nitrogens with one attached hydrogen (secondary N) is 1. The number of hydrogen-bond acceptors (Lipinski definition) is 7. The summed E-state index contributed by atoms with van der Waals surface area (Å²) in [6, 6.07) is 3.46. The van der Waals surface area contributed by atoms with Crippen LogP contribution in [0.3, 0.4) is 0 Å². The van der Waals surface area contributed by atoms with Gasteiger partial charge in [-0.25, -0.2) is 8.78 Å². The number of halogens is 3. The van der Waals surface area contributed by atoms with Gasteiger partial charge in [0.05, 0.1) is 25.8 Å². The Balaban J connectivity index is 0.00000136. The van der Waals surface area contributed by atoms with Crippen LogP contribution in [0.4, 0.5) is 20.3 Å². The predicted molar refractivity (Wildman–Crippen MR) is 169 cm³/mol. The fraction of sp³-hybridized carbons (Fsp3) is 0.581. The summed E-state index contributed by atoms with van der Waals surface area (Å²) < 4.78 is 41.7.